The van der Waals surface area contributed by atoms with Crippen molar-refractivity contribution < 1.29 is 0 Å². The minimum Gasteiger partial charge on any atom is -0.310 e. The molecule has 18 aromatic rings. The van der Waals surface area contributed by atoms with Gasteiger partial charge in [0.2, 0.25) is 0 Å². The van der Waals surface area contributed by atoms with Gasteiger partial charge in [-0.2, -0.15) is 0 Å². The molecule has 0 N–H and O–H groups in total. The highest BCUT2D eigenvalue weighted by atomic mass is 15.2. The lowest BCUT2D eigenvalue weighted by atomic mass is 9.33. The second kappa shape index (κ2) is 28.5. The molecule has 5 nitrogen and oxygen atoms in total. The summed E-state index contributed by atoms with van der Waals surface area (Å²) in [6.07, 6.45) is 0. The molecule has 15 aromatic carbocycles. The molecule has 0 amide bonds. The van der Waals surface area contributed by atoms with Crippen molar-refractivity contribution in [2.75, 3.05) is 9.80 Å². The van der Waals surface area contributed by atoms with Gasteiger partial charge in [-0.05, 0) is 219 Å². The normalized spacial score (nSPS) is 13.5. The molecule has 614 valence electrons. The first-order chi connectivity index (χ1) is 58.9. The van der Waals surface area contributed by atoms with E-state index < -0.39 is 0 Å². The molecule has 2 aliphatic rings. The van der Waals surface area contributed by atoms with Crippen molar-refractivity contribution in [3.05, 3.63) is 348 Å². The summed E-state index contributed by atoms with van der Waals surface area (Å²) in [5.74, 6) is 0. The topological polar surface area (TPSA) is 21.3 Å². The van der Waals surface area contributed by atoms with Crippen molar-refractivity contribution in [3.63, 3.8) is 0 Å². The van der Waals surface area contributed by atoms with E-state index in [2.05, 4.69) is 478 Å². The predicted molar refractivity (Wildman–Crippen MR) is 536 cm³/mol. The average Bonchev–Trinajstić information content (AvgIpc) is 0.952. The Morgan fingerprint density at radius 1 is 0.210 bits per heavy atom. The first-order valence-electron chi connectivity index (χ1n) is 44.8. The van der Waals surface area contributed by atoms with E-state index in [1.807, 2.05) is 0 Å². The molecule has 5 heterocycles. The Hall–Kier alpha value is -12.6. The fraction of sp³-hybridized carbons (Fsp3) is 0.237. The van der Waals surface area contributed by atoms with Crippen LogP contribution in [0.25, 0.3) is 127 Å². The van der Waals surface area contributed by atoms with E-state index in [0.29, 0.717) is 0 Å². The average molecular weight is 1610 g/mol. The number of aromatic nitrogens is 3. The maximum Gasteiger partial charge on any atom is 0.252 e. The van der Waals surface area contributed by atoms with Crippen LogP contribution in [0.2, 0.25) is 0 Å². The smallest absolute Gasteiger partial charge is 0.252 e. The fourth-order valence-corrected chi connectivity index (χ4v) is 20.1. The number of anilines is 6. The summed E-state index contributed by atoms with van der Waals surface area (Å²) < 4.78 is 7.63. The van der Waals surface area contributed by atoms with Crippen LogP contribution in [0.4, 0.5) is 34.1 Å². The van der Waals surface area contributed by atoms with Gasteiger partial charge in [0.05, 0.1) is 44.5 Å². The van der Waals surface area contributed by atoms with Gasteiger partial charge in [-0.1, -0.05) is 352 Å². The number of rotatable bonds is 9. The molecular formula is C118H114BN5. The third-order valence-corrected chi connectivity index (χ3v) is 27.1. The molecule has 3 aromatic heterocycles. The van der Waals surface area contributed by atoms with Gasteiger partial charge in [-0.3, -0.25) is 0 Å². The summed E-state index contributed by atoms with van der Waals surface area (Å²) >= 11 is 0. The molecular weight excluding hydrogens is 1500 g/mol. The van der Waals surface area contributed by atoms with Crippen LogP contribution in [0, 0.1) is 0 Å². The maximum atomic E-state index is 2.80. The van der Waals surface area contributed by atoms with Crippen LogP contribution in [0.3, 0.4) is 0 Å². The Labute approximate surface area is 734 Å². The summed E-state index contributed by atoms with van der Waals surface area (Å²) in [6.45, 7) is 49.4. The van der Waals surface area contributed by atoms with E-state index in [9.17, 15) is 0 Å². The van der Waals surface area contributed by atoms with Crippen molar-refractivity contribution in [1.29, 1.82) is 0 Å². The molecule has 0 aliphatic carbocycles. The highest BCUT2D eigenvalue weighted by Gasteiger charge is 2.47. The van der Waals surface area contributed by atoms with Crippen LogP contribution >= 0.6 is 0 Å². The SMILES string of the molecule is CC(C)(C)c1ccc(-c2cc(C(C)(C)C)cc(-c3ccc(C(C)(C)C)cc3)c2N2c3cc(-n4c5ccccc5c5ccccc54)ccc3B3c4ccc(-n5c6ccccc6c6ccc7c(c8ccccc8n7-c7ccccc7)c65)cc4N(c4c(-c5ccc(C(C)(C)C)cc5)cc(C(C)(C)C)cc4-c4ccc(C(C)(C)C)cc4)c4cc(C(C)(C)C)cc2c43)cc1. The maximum absolute atomic E-state index is 2.80. The predicted octanol–water partition coefficient (Wildman–Crippen LogP) is 30.8. The highest BCUT2D eigenvalue weighted by molar-refractivity contribution is 7.00. The van der Waals surface area contributed by atoms with Crippen molar-refractivity contribution in [2.45, 2.75) is 183 Å². The van der Waals surface area contributed by atoms with Gasteiger partial charge in [0, 0.05) is 94.4 Å². The quantitative estimate of drug-likeness (QED) is 0.134. The Kier molecular flexibility index (Phi) is 18.3. The standard InChI is InChI=1S/C118H114BN5/c1-112(2,3)77-51-43-73(44-52-77)92-65-81(116(13,14)15)66-93(74-45-53-78(54-46-74)113(4,5)6)109(92)123-103-71-85(121-98-39-29-25-35-87(98)88-36-26-30-40-99(88)121)59-62-96(103)119-97-63-60-86(122-100-41-31-27-37-89(100)90-61-64-102-107(111(90)122)91-38-28-32-42-101(91)120(102)84-33-23-22-24-34-84)72-104(97)124(106-70-83(118(19,20)21)69-105(123)108(106)119)110-94(75-47-55-79(56-48-75)114(7,8)9)67-82(117(16,17)18)68-95(110)76-49-57-80(58-50-76)115(10,11)12/h22-72H,1-21H3. The molecule has 0 spiro atoms. The summed E-state index contributed by atoms with van der Waals surface area (Å²) in [4.78, 5) is 5.59. The lowest BCUT2D eigenvalue weighted by Crippen LogP contribution is -2.61. The van der Waals surface area contributed by atoms with Crippen LogP contribution in [-0.2, 0) is 37.9 Å². The van der Waals surface area contributed by atoms with Gasteiger partial charge >= 0.3 is 0 Å². The van der Waals surface area contributed by atoms with E-state index in [1.54, 1.807) is 0 Å². The Bertz CT molecular complexity index is 7130. The van der Waals surface area contributed by atoms with Crippen molar-refractivity contribution >= 4 is 123 Å². The molecule has 0 bridgehead atoms. The van der Waals surface area contributed by atoms with Gasteiger partial charge in [0.1, 0.15) is 0 Å². The summed E-state index contributed by atoms with van der Waals surface area (Å²) in [5.41, 5.74) is 37.9. The molecule has 0 fully saturated rings. The third kappa shape index (κ3) is 13.2. The number of fused-ring (bicyclic) bond motifs is 14. The lowest BCUT2D eigenvalue weighted by Gasteiger charge is -2.47. The van der Waals surface area contributed by atoms with Gasteiger partial charge in [0.15, 0.2) is 0 Å². The van der Waals surface area contributed by atoms with E-state index in [4.69, 9.17) is 0 Å². The number of benzene rings is 15. The van der Waals surface area contributed by atoms with E-state index in [-0.39, 0.29) is 44.6 Å². The molecule has 0 atom stereocenters. The third-order valence-electron chi connectivity index (χ3n) is 27.1. The van der Waals surface area contributed by atoms with Gasteiger partial charge in [-0.25, -0.2) is 0 Å². The second-order valence-corrected chi connectivity index (χ2v) is 42.7. The first-order valence-corrected chi connectivity index (χ1v) is 44.8. The minimum atomic E-state index is -0.389. The minimum absolute atomic E-state index is 0.0766. The van der Waals surface area contributed by atoms with Crippen molar-refractivity contribution in [3.8, 4) is 61.6 Å². The molecule has 124 heavy (non-hydrogen) atoms. The summed E-state index contributed by atoms with van der Waals surface area (Å²) in [6, 6.07) is 121. The van der Waals surface area contributed by atoms with Crippen LogP contribution in [0.5, 0.6) is 0 Å². The zero-order valence-corrected chi connectivity index (χ0v) is 76.3. The zero-order valence-electron chi connectivity index (χ0n) is 76.3. The van der Waals surface area contributed by atoms with E-state index in [1.165, 1.54) is 143 Å². The van der Waals surface area contributed by atoms with E-state index in [0.717, 1.165) is 73.3 Å². The number of para-hydroxylation sites is 5. The molecule has 0 radical (unpaired) electrons. The largest absolute Gasteiger partial charge is 0.310 e. The van der Waals surface area contributed by atoms with Crippen molar-refractivity contribution in [2.24, 2.45) is 0 Å². The summed E-state index contributed by atoms with van der Waals surface area (Å²) in [7, 11) is 0. The Morgan fingerprint density at radius 3 is 0.871 bits per heavy atom. The molecule has 0 unspecified atom stereocenters. The molecule has 20 rings (SSSR count). The lowest BCUT2D eigenvalue weighted by molar-refractivity contribution is 0.589. The first kappa shape index (κ1) is 79.8. The molecule has 2 aliphatic heterocycles. The molecule has 6 heteroatoms. The van der Waals surface area contributed by atoms with Gasteiger partial charge in [-0.15, -0.1) is 0 Å². The number of nitrogens with zero attached hydrogens (tertiary/aromatic N) is 5. The van der Waals surface area contributed by atoms with Crippen LogP contribution in [0.15, 0.2) is 309 Å². The Balaban J connectivity index is 0.986. The van der Waals surface area contributed by atoms with Gasteiger partial charge < -0.3 is 23.5 Å². The second-order valence-electron chi connectivity index (χ2n) is 42.7. The van der Waals surface area contributed by atoms with Crippen molar-refractivity contribution in [1.82, 2.24) is 13.7 Å². The van der Waals surface area contributed by atoms with Crippen LogP contribution in [-0.4, -0.2) is 20.4 Å². The summed E-state index contributed by atoms with van der Waals surface area (Å²) in [5, 5.41) is 7.30. The number of hydrogen-bond donors (Lipinski definition) is 0. The zero-order chi connectivity index (χ0) is 86.5. The van der Waals surface area contributed by atoms with Crippen LogP contribution in [0.1, 0.15) is 184 Å². The van der Waals surface area contributed by atoms with E-state index >= 15 is 0 Å². The van der Waals surface area contributed by atoms with Crippen LogP contribution < -0.4 is 26.2 Å². The number of hydrogen-bond acceptors (Lipinski definition) is 2. The molecule has 0 saturated carbocycles. The molecule has 0 saturated heterocycles. The monoisotopic (exact) mass is 1610 g/mol. The fourth-order valence-electron chi connectivity index (χ4n) is 20.1. The Morgan fingerprint density at radius 2 is 0.508 bits per heavy atom. The van der Waals surface area contributed by atoms with Gasteiger partial charge in [0.25, 0.3) is 6.71 Å². The highest BCUT2D eigenvalue weighted by Crippen LogP contribution is 2.57.